The Hall–Kier alpha value is -3.08. The van der Waals surface area contributed by atoms with Gasteiger partial charge in [0.05, 0.1) is 0 Å². The summed E-state index contributed by atoms with van der Waals surface area (Å²) in [5.41, 5.74) is 1.87. The molecule has 2 aromatic carbocycles. The zero-order chi connectivity index (χ0) is 17.5. The standard InChI is InChI=1S/C19H20N2O3/c1-13(2)20-19(24)21-16-9-7-15(8-10-16)18(23)11-6-14-4-3-5-17(22)12-14/h3-13,22H,1-2H3,(H2,20,21,24). The van der Waals surface area contributed by atoms with Gasteiger partial charge in [-0.15, -0.1) is 0 Å². The third-order valence-corrected chi connectivity index (χ3v) is 3.14. The summed E-state index contributed by atoms with van der Waals surface area (Å²) >= 11 is 0. The van der Waals surface area contributed by atoms with Gasteiger partial charge in [0.1, 0.15) is 5.75 Å². The zero-order valence-electron chi connectivity index (χ0n) is 13.6. The van der Waals surface area contributed by atoms with Gasteiger partial charge in [-0.05, 0) is 61.9 Å². The Kier molecular flexibility index (Phi) is 5.73. The molecule has 0 fully saturated rings. The molecule has 0 saturated carbocycles. The van der Waals surface area contributed by atoms with Crippen LogP contribution in [0.2, 0.25) is 0 Å². The molecule has 2 aromatic rings. The maximum atomic E-state index is 12.1. The molecule has 0 aliphatic rings. The van der Waals surface area contributed by atoms with Crippen LogP contribution >= 0.6 is 0 Å². The SMILES string of the molecule is CC(C)NC(=O)Nc1ccc(C(=O)C=Cc2cccc(O)c2)cc1. The first-order valence-corrected chi connectivity index (χ1v) is 7.63. The number of carbonyl (C=O) groups is 2. The number of amides is 2. The van der Waals surface area contributed by atoms with Gasteiger partial charge in [0.15, 0.2) is 5.78 Å². The van der Waals surface area contributed by atoms with E-state index < -0.39 is 0 Å². The number of hydrogen-bond acceptors (Lipinski definition) is 3. The van der Waals surface area contributed by atoms with Crippen LogP contribution in [0.1, 0.15) is 29.8 Å². The van der Waals surface area contributed by atoms with Gasteiger partial charge in [-0.25, -0.2) is 4.79 Å². The third-order valence-electron chi connectivity index (χ3n) is 3.14. The van der Waals surface area contributed by atoms with E-state index in [0.29, 0.717) is 11.3 Å². The van der Waals surface area contributed by atoms with E-state index in [0.717, 1.165) is 5.56 Å². The molecule has 0 heterocycles. The number of anilines is 1. The highest BCUT2D eigenvalue weighted by molar-refractivity contribution is 6.07. The molecule has 0 radical (unpaired) electrons. The summed E-state index contributed by atoms with van der Waals surface area (Å²) < 4.78 is 0. The molecule has 0 aliphatic carbocycles. The monoisotopic (exact) mass is 324 g/mol. The van der Waals surface area contributed by atoms with Crippen LogP contribution < -0.4 is 10.6 Å². The van der Waals surface area contributed by atoms with E-state index in [1.807, 2.05) is 13.8 Å². The van der Waals surface area contributed by atoms with Gasteiger partial charge in [-0.2, -0.15) is 0 Å². The summed E-state index contributed by atoms with van der Waals surface area (Å²) in [6, 6.07) is 13.1. The smallest absolute Gasteiger partial charge is 0.319 e. The molecule has 3 N–H and O–H groups in total. The van der Waals surface area contributed by atoms with Crippen LogP contribution in [0.4, 0.5) is 10.5 Å². The quantitative estimate of drug-likeness (QED) is 0.578. The van der Waals surface area contributed by atoms with Crippen molar-refractivity contribution in [3.05, 3.63) is 65.7 Å². The maximum Gasteiger partial charge on any atom is 0.319 e. The Morgan fingerprint density at radius 2 is 1.79 bits per heavy atom. The van der Waals surface area contributed by atoms with Crippen LogP contribution in [0.3, 0.4) is 0 Å². The number of aromatic hydroxyl groups is 1. The minimum Gasteiger partial charge on any atom is -0.508 e. The summed E-state index contributed by atoms with van der Waals surface area (Å²) in [5, 5.41) is 14.8. The molecule has 2 amide bonds. The summed E-state index contributed by atoms with van der Waals surface area (Å²) in [6.45, 7) is 3.75. The first-order chi connectivity index (χ1) is 11.4. The van der Waals surface area contributed by atoms with Crippen LogP contribution in [-0.2, 0) is 0 Å². The third kappa shape index (κ3) is 5.28. The topological polar surface area (TPSA) is 78.4 Å². The van der Waals surface area contributed by atoms with Crippen molar-refractivity contribution in [3.63, 3.8) is 0 Å². The summed E-state index contributed by atoms with van der Waals surface area (Å²) in [5.74, 6) is -0.00350. The second-order valence-corrected chi connectivity index (χ2v) is 5.62. The van der Waals surface area contributed by atoms with Crippen LogP contribution in [0, 0.1) is 0 Å². The molecule has 0 aromatic heterocycles. The molecule has 0 unspecified atom stereocenters. The molecule has 0 atom stereocenters. The summed E-state index contributed by atoms with van der Waals surface area (Å²) in [7, 11) is 0. The lowest BCUT2D eigenvalue weighted by Gasteiger charge is -2.10. The highest BCUT2D eigenvalue weighted by Crippen LogP contribution is 2.14. The Morgan fingerprint density at radius 1 is 1.08 bits per heavy atom. The minimum absolute atomic E-state index is 0.0495. The number of benzene rings is 2. The average Bonchev–Trinajstić information content (AvgIpc) is 2.52. The molecule has 5 nitrogen and oxygen atoms in total. The lowest BCUT2D eigenvalue weighted by molar-refractivity contribution is 0.104. The van der Waals surface area contributed by atoms with E-state index in [4.69, 9.17) is 0 Å². The highest BCUT2D eigenvalue weighted by Gasteiger charge is 2.05. The Labute approximate surface area is 141 Å². The predicted octanol–water partition coefficient (Wildman–Crippen LogP) is 3.82. The largest absolute Gasteiger partial charge is 0.508 e. The van der Waals surface area contributed by atoms with Gasteiger partial charge in [0.25, 0.3) is 0 Å². The molecule has 0 spiro atoms. The number of allylic oxidation sites excluding steroid dienone is 1. The fourth-order valence-electron chi connectivity index (χ4n) is 2.04. The van der Waals surface area contributed by atoms with Crippen molar-refractivity contribution in [2.75, 3.05) is 5.32 Å². The van der Waals surface area contributed by atoms with Crippen LogP contribution in [-0.4, -0.2) is 23.0 Å². The molecular formula is C19H20N2O3. The number of rotatable bonds is 5. The molecule has 0 aliphatic heterocycles. The maximum absolute atomic E-state index is 12.1. The Bertz CT molecular complexity index is 749. The molecule has 0 saturated heterocycles. The number of hydrogen-bond donors (Lipinski definition) is 3. The van der Waals surface area contributed by atoms with Gasteiger partial charge in [0.2, 0.25) is 0 Å². The normalized spacial score (nSPS) is 10.8. The minimum atomic E-state index is -0.284. The fourth-order valence-corrected chi connectivity index (χ4v) is 2.04. The van der Waals surface area contributed by atoms with Crippen LogP contribution in [0.15, 0.2) is 54.6 Å². The number of carbonyl (C=O) groups excluding carboxylic acids is 2. The zero-order valence-corrected chi connectivity index (χ0v) is 13.6. The second kappa shape index (κ2) is 7.97. The Morgan fingerprint density at radius 3 is 2.42 bits per heavy atom. The molecular weight excluding hydrogens is 304 g/mol. The number of phenolic OH excluding ortho intramolecular Hbond substituents is 1. The molecule has 5 heteroatoms. The van der Waals surface area contributed by atoms with E-state index >= 15 is 0 Å². The van der Waals surface area contributed by atoms with Crippen molar-refractivity contribution in [1.82, 2.24) is 5.32 Å². The second-order valence-electron chi connectivity index (χ2n) is 5.62. The van der Waals surface area contributed by atoms with Crippen molar-refractivity contribution >= 4 is 23.6 Å². The molecule has 2 rings (SSSR count). The lowest BCUT2D eigenvalue weighted by Crippen LogP contribution is -2.34. The van der Waals surface area contributed by atoms with Crippen molar-refractivity contribution in [1.29, 1.82) is 0 Å². The van der Waals surface area contributed by atoms with E-state index in [9.17, 15) is 14.7 Å². The van der Waals surface area contributed by atoms with Crippen molar-refractivity contribution in [2.24, 2.45) is 0 Å². The van der Waals surface area contributed by atoms with Gasteiger partial charge < -0.3 is 15.7 Å². The first-order valence-electron chi connectivity index (χ1n) is 7.63. The predicted molar refractivity (Wildman–Crippen MR) is 95.2 cm³/mol. The van der Waals surface area contributed by atoms with Gasteiger partial charge in [-0.3, -0.25) is 4.79 Å². The van der Waals surface area contributed by atoms with Crippen molar-refractivity contribution in [3.8, 4) is 5.75 Å². The highest BCUT2D eigenvalue weighted by atomic mass is 16.3. The lowest BCUT2D eigenvalue weighted by atomic mass is 10.1. The van der Waals surface area contributed by atoms with Crippen molar-refractivity contribution < 1.29 is 14.7 Å². The van der Waals surface area contributed by atoms with E-state index in [-0.39, 0.29) is 23.6 Å². The summed E-state index contributed by atoms with van der Waals surface area (Å²) in [6.07, 6.45) is 3.09. The van der Waals surface area contributed by atoms with Gasteiger partial charge >= 0.3 is 6.03 Å². The van der Waals surface area contributed by atoms with E-state index in [2.05, 4.69) is 10.6 Å². The Balaban J connectivity index is 1.99. The van der Waals surface area contributed by atoms with E-state index in [1.165, 1.54) is 6.08 Å². The molecule has 0 bridgehead atoms. The van der Waals surface area contributed by atoms with Gasteiger partial charge in [0, 0.05) is 17.3 Å². The molecule has 24 heavy (non-hydrogen) atoms. The average molecular weight is 324 g/mol. The number of nitrogens with one attached hydrogen (secondary N) is 2. The number of urea groups is 1. The van der Waals surface area contributed by atoms with Gasteiger partial charge in [-0.1, -0.05) is 18.2 Å². The number of ketones is 1. The number of phenols is 1. The van der Waals surface area contributed by atoms with Crippen LogP contribution in [0.25, 0.3) is 6.08 Å². The fraction of sp³-hybridized carbons (Fsp3) is 0.158. The van der Waals surface area contributed by atoms with Crippen LogP contribution in [0.5, 0.6) is 5.75 Å². The van der Waals surface area contributed by atoms with E-state index in [1.54, 1.807) is 54.6 Å². The summed E-state index contributed by atoms with van der Waals surface area (Å²) in [4.78, 5) is 23.7. The first kappa shape index (κ1) is 17.3. The molecule has 124 valence electrons. The van der Waals surface area contributed by atoms with Crippen molar-refractivity contribution in [2.45, 2.75) is 19.9 Å².